The third-order valence-corrected chi connectivity index (χ3v) is 5.77. The lowest BCUT2D eigenvalue weighted by atomic mass is 10.3. The number of carbonyl (C=O) groups is 1. The summed E-state index contributed by atoms with van der Waals surface area (Å²) in [7, 11) is -3.54. The fraction of sp³-hybridized carbons (Fsp3) is 0.588. The van der Waals surface area contributed by atoms with Gasteiger partial charge in [0.15, 0.2) is 0 Å². The molecule has 0 aromatic heterocycles. The molecule has 0 radical (unpaired) electrons. The number of anilines is 1. The predicted octanol–water partition coefficient (Wildman–Crippen LogP) is 2.68. The number of hydrogen-bond donors (Lipinski definition) is 1. The van der Waals surface area contributed by atoms with Crippen molar-refractivity contribution in [2.75, 3.05) is 30.3 Å². The second-order valence-corrected chi connectivity index (χ2v) is 9.05. The maximum absolute atomic E-state index is 12.1. The van der Waals surface area contributed by atoms with Crippen LogP contribution in [-0.4, -0.2) is 46.4 Å². The van der Waals surface area contributed by atoms with E-state index in [0.29, 0.717) is 24.9 Å². The van der Waals surface area contributed by atoms with Crippen molar-refractivity contribution in [2.24, 2.45) is 0 Å². The molecule has 25 heavy (non-hydrogen) atoms. The van der Waals surface area contributed by atoms with Crippen molar-refractivity contribution < 1.29 is 17.9 Å². The number of carbonyl (C=O) groups excluding carboxylic acids is 1. The molecule has 1 aromatic carbocycles. The number of amides is 1. The van der Waals surface area contributed by atoms with Gasteiger partial charge in [-0.1, -0.05) is 28.8 Å². The molecule has 0 unspecified atom stereocenters. The summed E-state index contributed by atoms with van der Waals surface area (Å²) in [6.45, 7) is 0.862. The number of benzene rings is 1. The van der Waals surface area contributed by atoms with Gasteiger partial charge in [-0.15, -0.1) is 0 Å². The monoisotopic (exact) mass is 432 g/mol. The molecule has 0 heterocycles. The van der Waals surface area contributed by atoms with Crippen LogP contribution in [0.5, 0.6) is 0 Å². The predicted molar refractivity (Wildman–Crippen MR) is 102 cm³/mol. The average Bonchev–Trinajstić information content (AvgIpc) is 3.06. The Morgan fingerprint density at radius 2 is 1.92 bits per heavy atom. The Bertz CT molecular complexity index is 658. The van der Waals surface area contributed by atoms with Gasteiger partial charge in [-0.2, -0.15) is 0 Å². The highest BCUT2D eigenvalue weighted by Gasteiger charge is 2.20. The highest BCUT2D eigenvalue weighted by Crippen LogP contribution is 2.21. The zero-order valence-electron chi connectivity index (χ0n) is 14.4. The maximum Gasteiger partial charge on any atom is 0.240 e. The lowest BCUT2D eigenvalue weighted by Gasteiger charge is -2.22. The molecule has 1 aliphatic rings. The van der Waals surface area contributed by atoms with E-state index in [1.54, 1.807) is 24.3 Å². The fourth-order valence-electron chi connectivity index (χ4n) is 2.80. The van der Waals surface area contributed by atoms with E-state index in [1.165, 1.54) is 12.8 Å². The molecule has 140 valence electrons. The molecule has 1 fully saturated rings. The molecule has 1 aliphatic carbocycles. The lowest BCUT2D eigenvalue weighted by molar-refractivity contribution is -0.119. The zero-order valence-corrected chi connectivity index (χ0v) is 16.8. The van der Waals surface area contributed by atoms with Gasteiger partial charge in [0.25, 0.3) is 0 Å². The number of ether oxygens (including phenoxy) is 1. The Morgan fingerprint density at radius 3 is 2.52 bits per heavy atom. The van der Waals surface area contributed by atoms with Crippen molar-refractivity contribution in [3.05, 3.63) is 28.7 Å². The second-order valence-electron chi connectivity index (χ2n) is 6.23. The van der Waals surface area contributed by atoms with E-state index in [4.69, 9.17) is 4.74 Å². The molecule has 1 saturated carbocycles. The molecule has 1 N–H and O–H groups in total. The van der Waals surface area contributed by atoms with Crippen LogP contribution >= 0.6 is 15.9 Å². The van der Waals surface area contributed by atoms with Gasteiger partial charge in [0, 0.05) is 17.6 Å². The first-order valence-electron chi connectivity index (χ1n) is 8.48. The van der Waals surface area contributed by atoms with E-state index in [9.17, 15) is 13.2 Å². The third kappa shape index (κ3) is 6.95. The van der Waals surface area contributed by atoms with E-state index in [2.05, 4.69) is 21.2 Å². The molecule has 0 saturated heterocycles. The van der Waals surface area contributed by atoms with Crippen LogP contribution in [0.1, 0.15) is 32.1 Å². The van der Waals surface area contributed by atoms with Crippen LogP contribution in [0.25, 0.3) is 0 Å². The first-order valence-corrected chi connectivity index (χ1v) is 11.1. The molecule has 0 aliphatic heterocycles. The molecule has 8 heteroatoms. The van der Waals surface area contributed by atoms with Crippen LogP contribution < -0.4 is 9.62 Å². The minimum Gasteiger partial charge on any atom is -0.378 e. The smallest absolute Gasteiger partial charge is 0.240 e. The highest BCUT2D eigenvalue weighted by molar-refractivity contribution is 9.10. The minimum absolute atomic E-state index is 0.232. The third-order valence-electron chi connectivity index (χ3n) is 4.10. The van der Waals surface area contributed by atoms with Crippen LogP contribution in [0.2, 0.25) is 0 Å². The Kier molecular flexibility index (Phi) is 7.71. The largest absolute Gasteiger partial charge is 0.378 e. The summed E-state index contributed by atoms with van der Waals surface area (Å²) >= 11 is 3.31. The fourth-order valence-corrected chi connectivity index (χ4v) is 3.92. The van der Waals surface area contributed by atoms with Crippen molar-refractivity contribution in [1.82, 2.24) is 5.32 Å². The van der Waals surface area contributed by atoms with Crippen molar-refractivity contribution in [3.8, 4) is 0 Å². The highest BCUT2D eigenvalue weighted by atomic mass is 79.9. The normalized spacial score (nSPS) is 15.3. The SMILES string of the molecule is CS(=O)(=O)N(CC(=O)NCCCOC1CCCC1)c1ccc(Br)cc1. The van der Waals surface area contributed by atoms with Crippen molar-refractivity contribution in [2.45, 2.75) is 38.2 Å². The van der Waals surface area contributed by atoms with E-state index in [0.717, 1.165) is 34.3 Å². The number of sulfonamides is 1. The van der Waals surface area contributed by atoms with Gasteiger partial charge in [-0.05, 0) is 43.5 Å². The van der Waals surface area contributed by atoms with E-state index < -0.39 is 10.0 Å². The Balaban J connectivity index is 1.78. The summed E-state index contributed by atoms with van der Waals surface area (Å²) in [5.41, 5.74) is 0.463. The van der Waals surface area contributed by atoms with Crippen LogP contribution in [0.3, 0.4) is 0 Å². The summed E-state index contributed by atoms with van der Waals surface area (Å²) in [6.07, 6.45) is 6.91. The summed E-state index contributed by atoms with van der Waals surface area (Å²) in [6, 6.07) is 6.80. The molecule has 0 atom stereocenters. The summed E-state index contributed by atoms with van der Waals surface area (Å²) in [5, 5.41) is 2.76. The summed E-state index contributed by atoms with van der Waals surface area (Å²) in [4.78, 5) is 12.1. The van der Waals surface area contributed by atoms with Crippen LogP contribution in [0.4, 0.5) is 5.69 Å². The number of halogens is 1. The number of hydrogen-bond acceptors (Lipinski definition) is 4. The lowest BCUT2D eigenvalue weighted by Crippen LogP contribution is -2.40. The van der Waals surface area contributed by atoms with E-state index >= 15 is 0 Å². The molecular formula is C17H25BrN2O4S. The van der Waals surface area contributed by atoms with Gasteiger partial charge in [0.1, 0.15) is 6.54 Å². The Morgan fingerprint density at radius 1 is 1.28 bits per heavy atom. The zero-order chi connectivity index (χ0) is 18.3. The molecule has 0 spiro atoms. The topological polar surface area (TPSA) is 75.7 Å². The van der Waals surface area contributed by atoms with Gasteiger partial charge < -0.3 is 10.1 Å². The van der Waals surface area contributed by atoms with E-state index in [1.807, 2.05) is 0 Å². The van der Waals surface area contributed by atoms with Crippen LogP contribution in [0, 0.1) is 0 Å². The molecule has 1 amide bonds. The van der Waals surface area contributed by atoms with Crippen LogP contribution in [-0.2, 0) is 19.6 Å². The molecular weight excluding hydrogens is 408 g/mol. The Labute approximate surface area is 158 Å². The quantitative estimate of drug-likeness (QED) is 0.608. The molecule has 6 nitrogen and oxygen atoms in total. The number of nitrogens with zero attached hydrogens (tertiary/aromatic N) is 1. The van der Waals surface area contributed by atoms with E-state index in [-0.39, 0.29) is 12.5 Å². The van der Waals surface area contributed by atoms with Crippen LogP contribution in [0.15, 0.2) is 28.7 Å². The van der Waals surface area contributed by atoms with Gasteiger partial charge in [0.2, 0.25) is 15.9 Å². The second kappa shape index (κ2) is 9.54. The first-order chi connectivity index (χ1) is 11.9. The average molecular weight is 433 g/mol. The van der Waals surface area contributed by atoms with Crippen molar-refractivity contribution >= 4 is 37.5 Å². The maximum atomic E-state index is 12.1. The van der Waals surface area contributed by atoms with Crippen molar-refractivity contribution in [3.63, 3.8) is 0 Å². The summed E-state index contributed by atoms with van der Waals surface area (Å²) in [5.74, 6) is -0.325. The standard InChI is InChI=1S/C17H25BrN2O4S/c1-25(22,23)20(15-9-7-14(18)8-10-15)13-17(21)19-11-4-12-24-16-5-2-3-6-16/h7-10,16H,2-6,11-13H2,1H3,(H,19,21). The summed E-state index contributed by atoms with van der Waals surface area (Å²) < 4.78 is 31.7. The van der Waals surface area contributed by atoms with Gasteiger partial charge in [-0.3, -0.25) is 9.10 Å². The minimum atomic E-state index is -3.54. The Hall–Kier alpha value is -1.12. The number of nitrogens with one attached hydrogen (secondary N) is 1. The molecule has 2 rings (SSSR count). The van der Waals surface area contributed by atoms with Gasteiger partial charge in [-0.25, -0.2) is 8.42 Å². The molecule has 1 aromatic rings. The van der Waals surface area contributed by atoms with Crippen molar-refractivity contribution in [1.29, 1.82) is 0 Å². The van der Waals surface area contributed by atoms with Gasteiger partial charge >= 0.3 is 0 Å². The number of rotatable bonds is 9. The first kappa shape index (κ1) is 20.2. The van der Waals surface area contributed by atoms with Gasteiger partial charge in [0.05, 0.1) is 18.0 Å². The molecule has 0 bridgehead atoms.